The van der Waals surface area contributed by atoms with Gasteiger partial charge in [-0.05, 0) is 13.3 Å². The molecule has 0 aromatic rings. The smallest absolute Gasteiger partial charge is 0.353 e. The average Bonchev–Trinajstić information content (AvgIpc) is 3.27. The molecule has 27 heavy (non-hydrogen) atoms. The molecule has 0 bridgehead atoms. The van der Waals surface area contributed by atoms with Crippen molar-refractivity contribution in [2.75, 3.05) is 6.54 Å². The quantitative estimate of drug-likeness (QED) is 0.374. The van der Waals surface area contributed by atoms with E-state index in [0.29, 0.717) is 17.9 Å². The molecule has 4 heterocycles. The number of carboxylic acids is 1. The molecule has 3 fully saturated rings. The van der Waals surface area contributed by atoms with Crippen LogP contribution in [0.1, 0.15) is 26.7 Å². The van der Waals surface area contributed by atoms with Gasteiger partial charge in [0, 0.05) is 35.1 Å². The second kappa shape index (κ2) is 6.77. The molecule has 10 heteroatoms. The number of fused-ring (bicyclic) bond motifs is 1. The molecule has 1 unspecified atom stereocenters. The maximum absolute atomic E-state index is 12.4. The summed E-state index contributed by atoms with van der Waals surface area (Å²) in [6.45, 7) is 4.22. The fourth-order valence-electron chi connectivity index (χ4n) is 4.71. The van der Waals surface area contributed by atoms with Crippen molar-refractivity contribution in [3.05, 3.63) is 10.6 Å². The normalized spacial score (nSPS) is 39.4. The van der Waals surface area contributed by atoms with Crippen LogP contribution in [0.5, 0.6) is 0 Å². The molecular weight excluding hydrogens is 372 g/mol. The number of hydrogen-bond donors (Lipinski definition) is 5. The standard InChI is InChI=1S/C17H24N4O5S/c1-6-13-12(7(2)22)16(24)21(13)14(17(25)26)15(6)27-8-3-9(18-5-8)10-4-11(23)20-19-10/h6-10,12-13,18-19,22H,3-5H2,1-2H3,(H,20,23)(H,25,26)/t6-,7-,8+,9+,10?,12-,13-/m1/s1. The van der Waals surface area contributed by atoms with Crippen LogP contribution in [0.3, 0.4) is 0 Å². The minimum atomic E-state index is -1.10. The lowest BCUT2D eigenvalue weighted by Gasteiger charge is -2.46. The highest BCUT2D eigenvalue weighted by Crippen LogP contribution is 2.51. The van der Waals surface area contributed by atoms with Gasteiger partial charge in [-0.15, -0.1) is 11.8 Å². The number of β-lactam (4-membered cyclic amide) rings is 1. The highest BCUT2D eigenvalue weighted by molar-refractivity contribution is 8.03. The minimum Gasteiger partial charge on any atom is -0.477 e. The summed E-state index contributed by atoms with van der Waals surface area (Å²) < 4.78 is 0. The SMILES string of the molecule is C[C@@H](O)[C@H]1C(=O)N2C(C(=O)O)=C(S[C@@H]3CN[C@H](C4CC(=O)NN4)C3)[C@H](C)[C@H]12. The number of hydrazine groups is 1. The van der Waals surface area contributed by atoms with Crippen LogP contribution >= 0.6 is 11.8 Å². The Morgan fingerprint density at radius 1 is 1.33 bits per heavy atom. The van der Waals surface area contributed by atoms with Gasteiger partial charge < -0.3 is 20.4 Å². The number of aliphatic hydroxyl groups excluding tert-OH is 1. The van der Waals surface area contributed by atoms with Crippen molar-refractivity contribution in [2.45, 2.75) is 56.2 Å². The molecule has 2 amide bonds. The number of aliphatic carboxylic acids is 1. The molecule has 3 saturated heterocycles. The van der Waals surface area contributed by atoms with Crippen LogP contribution < -0.4 is 16.2 Å². The van der Waals surface area contributed by atoms with E-state index in [-0.39, 0.29) is 46.8 Å². The van der Waals surface area contributed by atoms with E-state index in [4.69, 9.17) is 0 Å². The van der Waals surface area contributed by atoms with Crippen molar-refractivity contribution in [1.29, 1.82) is 0 Å². The summed E-state index contributed by atoms with van der Waals surface area (Å²) in [6, 6.07) is -0.122. The van der Waals surface area contributed by atoms with Gasteiger partial charge in [0.15, 0.2) is 0 Å². The van der Waals surface area contributed by atoms with Crippen molar-refractivity contribution in [1.82, 2.24) is 21.1 Å². The zero-order chi connectivity index (χ0) is 19.5. The Morgan fingerprint density at radius 2 is 2.07 bits per heavy atom. The summed E-state index contributed by atoms with van der Waals surface area (Å²) >= 11 is 1.51. The number of thioether (sulfide) groups is 1. The van der Waals surface area contributed by atoms with Crippen molar-refractivity contribution in [3.8, 4) is 0 Å². The Balaban J connectivity index is 1.49. The maximum atomic E-state index is 12.4. The van der Waals surface area contributed by atoms with Gasteiger partial charge in [0.2, 0.25) is 11.8 Å². The molecule has 9 nitrogen and oxygen atoms in total. The summed E-state index contributed by atoms with van der Waals surface area (Å²) in [5.74, 6) is -2.09. The van der Waals surface area contributed by atoms with E-state index < -0.39 is 18.0 Å². The van der Waals surface area contributed by atoms with E-state index in [1.807, 2.05) is 6.92 Å². The largest absolute Gasteiger partial charge is 0.477 e. The zero-order valence-electron chi connectivity index (χ0n) is 15.1. The van der Waals surface area contributed by atoms with Crippen molar-refractivity contribution >= 4 is 29.5 Å². The van der Waals surface area contributed by atoms with E-state index in [2.05, 4.69) is 16.2 Å². The summed E-state index contributed by atoms with van der Waals surface area (Å²) in [5.41, 5.74) is 5.67. The number of carboxylic acid groups (broad SMARTS) is 1. The maximum Gasteiger partial charge on any atom is 0.353 e. The summed E-state index contributed by atoms with van der Waals surface area (Å²) in [7, 11) is 0. The Morgan fingerprint density at radius 3 is 2.67 bits per heavy atom. The van der Waals surface area contributed by atoms with Crippen LogP contribution in [0.2, 0.25) is 0 Å². The predicted molar refractivity (Wildman–Crippen MR) is 97.1 cm³/mol. The first kappa shape index (κ1) is 18.7. The molecule has 7 atom stereocenters. The lowest BCUT2D eigenvalue weighted by Crippen LogP contribution is -2.63. The third-order valence-corrected chi connectivity index (χ3v) is 7.53. The summed E-state index contributed by atoms with van der Waals surface area (Å²) in [6.07, 6.45) is 0.435. The summed E-state index contributed by atoms with van der Waals surface area (Å²) in [4.78, 5) is 37.7. The van der Waals surface area contributed by atoms with Gasteiger partial charge >= 0.3 is 5.97 Å². The predicted octanol–water partition coefficient (Wildman–Crippen LogP) is -1.00. The number of nitrogens with zero attached hydrogens (tertiary/aromatic N) is 1. The van der Waals surface area contributed by atoms with E-state index in [0.717, 1.165) is 6.42 Å². The second-order valence-electron chi connectivity index (χ2n) is 7.77. The van der Waals surface area contributed by atoms with Crippen LogP contribution in [-0.4, -0.2) is 68.9 Å². The van der Waals surface area contributed by atoms with Gasteiger partial charge in [-0.25, -0.2) is 10.2 Å². The third-order valence-electron chi connectivity index (χ3n) is 6.02. The average molecular weight is 396 g/mol. The zero-order valence-corrected chi connectivity index (χ0v) is 16.0. The number of hydrogen-bond acceptors (Lipinski definition) is 7. The highest BCUT2D eigenvalue weighted by atomic mass is 32.2. The Bertz CT molecular complexity index is 726. The molecule has 0 aromatic heterocycles. The highest BCUT2D eigenvalue weighted by Gasteiger charge is 2.60. The minimum absolute atomic E-state index is 0.0229. The fraction of sp³-hybridized carbons (Fsp3) is 0.706. The van der Waals surface area contributed by atoms with Gasteiger partial charge in [-0.2, -0.15) is 0 Å². The van der Waals surface area contributed by atoms with Crippen LogP contribution in [0, 0.1) is 11.8 Å². The van der Waals surface area contributed by atoms with E-state index >= 15 is 0 Å². The van der Waals surface area contributed by atoms with Crippen LogP contribution in [0.15, 0.2) is 10.6 Å². The second-order valence-corrected chi connectivity index (χ2v) is 9.11. The monoisotopic (exact) mass is 396 g/mol. The molecule has 4 aliphatic heterocycles. The van der Waals surface area contributed by atoms with Gasteiger partial charge in [0.05, 0.1) is 24.1 Å². The van der Waals surface area contributed by atoms with Gasteiger partial charge in [-0.3, -0.25) is 15.0 Å². The van der Waals surface area contributed by atoms with Crippen molar-refractivity contribution in [2.24, 2.45) is 11.8 Å². The van der Waals surface area contributed by atoms with Crippen LogP contribution in [0.25, 0.3) is 0 Å². The Kier molecular flexibility index (Phi) is 4.69. The van der Waals surface area contributed by atoms with Crippen molar-refractivity contribution < 1.29 is 24.6 Å². The molecule has 148 valence electrons. The molecular formula is C17H24N4O5S. The van der Waals surface area contributed by atoms with E-state index in [1.165, 1.54) is 16.7 Å². The topological polar surface area (TPSA) is 131 Å². The number of carbonyl (C=O) groups is 3. The number of carbonyl (C=O) groups excluding carboxylic acids is 2. The van der Waals surface area contributed by atoms with Gasteiger partial charge in [0.25, 0.3) is 0 Å². The number of rotatable bonds is 5. The summed E-state index contributed by atoms with van der Waals surface area (Å²) in [5, 5.41) is 23.2. The molecule has 0 radical (unpaired) electrons. The molecule has 5 N–H and O–H groups in total. The first-order valence-corrected chi connectivity index (χ1v) is 10.1. The van der Waals surface area contributed by atoms with Crippen LogP contribution in [-0.2, 0) is 14.4 Å². The molecule has 0 aromatic carbocycles. The number of nitrogens with one attached hydrogen (secondary N) is 3. The molecule has 0 spiro atoms. The lowest BCUT2D eigenvalue weighted by molar-refractivity contribution is -0.163. The fourth-order valence-corrected chi connectivity index (χ4v) is 6.20. The van der Waals surface area contributed by atoms with Gasteiger partial charge in [0.1, 0.15) is 5.70 Å². The third kappa shape index (κ3) is 2.95. The number of amides is 2. The van der Waals surface area contributed by atoms with E-state index in [9.17, 15) is 24.6 Å². The molecule has 0 saturated carbocycles. The molecule has 4 aliphatic rings. The Labute approximate surface area is 160 Å². The van der Waals surface area contributed by atoms with Crippen LogP contribution in [0.4, 0.5) is 0 Å². The lowest BCUT2D eigenvalue weighted by atomic mass is 9.79. The Hall–Kier alpha value is -1.62. The molecule has 0 aliphatic carbocycles. The number of aliphatic hydroxyl groups is 1. The van der Waals surface area contributed by atoms with Gasteiger partial charge in [-0.1, -0.05) is 6.92 Å². The van der Waals surface area contributed by atoms with E-state index in [1.54, 1.807) is 6.92 Å². The molecule has 4 rings (SSSR count). The van der Waals surface area contributed by atoms with Crippen molar-refractivity contribution in [3.63, 3.8) is 0 Å². The first-order valence-electron chi connectivity index (χ1n) is 9.22. The first-order chi connectivity index (χ1) is 12.8.